The highest BCUT2D eigenvalue weighted by atomic mass is 127. The van der Waals surface area contributed by atoms with Gasteiger partial charge in [-0.2, -0.15) is 0 Å². The molecule has 0 N–H and O–H groups in total. The molecule has 30 heavy (non-hydrogen) atoms. The Balaban J connectivity index is 1.38. The van der Waals surface area contributed by atoms with Crippen LogP contribution in [0.2, 0.25) is 0 Å². The molecule has 0 saturated carbocycles. The number of benzene rings is 2. The molecule has 2 heteroatoms. The lowest BCUT2D eigenvalue weighted by molar-refractivity contribution is -0.597. The van der Waals surface area contributed by atoms with Crippen molar-refractivity contribution in [2.45, 2.75) is 96.8 Å². The lowest BCUT2D eigenvalue weighted by Gasteiger charge is -2.06. The Bertz CT molecular complexity index is 623. The fourth-order valence-electron chi connectivity index (χ4n) is 3.68. The van der Waals surface area contributed by atoms with Crippen LogP contribution in [0.15, 0.2) is 54.6 Å². The molecule has 2 rings (SSSR count). The fraction of sp³-hybridized carbons (Fsp3) is 0.571. The minimum absolute atomic E-state index is 0.0748. The smallest absolute Gasteiger partial charge is 0.357 e. The Kier molecular flexibility index (Phi) is 14.8. The van der Waals surface area contributed by atoms with Gasteiger partial charge in [0, 0.05) is 0 Å². The van der Waals surface area contributed by atoms with Crippen LogP contribution in [0.4, 0.5) is 0 Å². The topological polar surface area (TPSA) is 9.23 Å². The number of halogens is 1. The Morgan fingerprint density at radius 2 is 1.00 bits per heavy atom. The van der Waals surface area contributed by atoms with E-state index in [0.717, 1.165) is 12.4 Å². The van der Waals surface area contributed by atoms with E-state index in [1.165, 1.54) is 97.0 Å². The molecule has 166 valence electrons. The monoisotopic (exact) mass is 521 g/mol. The van der Waals surface area contributed by atoms with Gasteiger partial charge in [-0.05, 0) is 42.8 Å². The summed E-state index contributed by atoms with van der Waals surface area (Å²) in [6, 6.07) is 19.6. The van der Waals surface area contributed by atoms with E-state index >= 15 is 0 Å². The summed E-state index contributed by atoms with van der Waals surface area (Å²) in [5.41, 5.74) is 0. The SMILES string of the molecule is CCCCCCCCCCCCCCCCOc1ccc([I+]c2ccccc2)cc1. The van der Waals surface area contributed by atoms with Crippen LogP contribution >= 0.6 is 0 Å². The molecule has 0 fully saturated rings. The van der Waals surface area contributed by atoms with Crippen molar-refractivity contribution >= 4 is 0 Å². The highest BCUT2D eigenvalue weighted by Gasteiger charge is 2.14. The van der Waals surface area contributed by atoms with Gasteiger partial charge in [0.05, 0.1) is 6.61 Å². The highest BCUT2D eigenvalue weighted by Crippen LogP contribution is 2.13. The predicted octanol–water partition coefficient (Wildman–Crippen LogP) is 5.68. The molecular formula is C28H42IO+. The van der Waals surface area contributed by atoms with Gasteiger partial charge in [-0.25, -0.2) is 0 Å². The van der Waals surface area contributed by atoms with Gasteiger partial charge in [0.25, 0.3) is 0 Å². The third kappa shape index (κ3) is 12.6. The van der Waals surface area contributed by atoms with E-state index < -0.39 is 0 Å². The molecule has 0 aliphatic rings. The van der Waals surface area contributed by atoms with E-state index in [2.05, 4.69) is 61.5 Å². The van der Waals surface area contributed by atoms with Gasteiger partial charge in [-0.3, -0.25) is 0 Å². The largest absolute Gasteiger partial charge is 0.494 e. The lowest BCUT2D eigenvalue weighted by Crippen LogP contribution is -3.61. The van der Waals surface area contributed by atoms with Crippen molar-refractivity contribution in [3.63, 3.8) is 0 Å². The first-order chi connectivity index (χ1) is 14.9. The second kappa shape index (κ2) is 17.6. The van der Waals surface area contributed by atoms with Crippen LogP contribution < -0.4 is 25.9 Å². The minimum atomic E-state index is -0.0748. The average molecular weight is 522 g/mol. The Hall–Kier alpha value is -1.03. The Morgan fingerprint density at radius 1 is 0.533 bits per heavy atom. The van der Waals surface area contributed by atoms with Crippen LogP contribution in [0.25, 0.3) is 0 Å². The summed E-state index contributed by atoms with van der Waals surface area (Å²) >= 11 is -0.0748. The fourth-order valence-corrected chi connectivity index (χ4v) is 5.90. The van der Waals surface area contributed by atoms with Crippen molar-refractivity contribution in [1.82, 2.24) is 0 Å². The molecule has 0 unspecified atom stereocenters. The first kappa shape index (κ1) is 25.2. The molecule has 0 aliphatic heterocycles. The van der Waals surface area contributed by atoms with Crippen LogP contribution in [-0.4, -0.2) is 6.61 Å². The van der Waals surface area contributed by atoms with Crippen LogP contribution in [0.1, 0.15) is 96.8 Å². The molecule has 0 saturated heterocycles. The number of hydrogen-bond donors (Lipinski definition) is 0. The van der Waals surface area contributed by atoms with Crippen LogP contribution in [0.3, 0.4) is 0 Å². The number of ether oxygens (including phenoxy) is 1. The van der Waals surface area contributed by atoms with Crippen LogP contribution in [-0.2, 0) is 0 Å². The summed E-state index contributed by atoms with van der Waals surface area (Å²) in [4.78, 5) is 0. The molecule has 0 aliphatic carbocycles. The van der Waals surface area contributed by atoms with Crippen LogP contribution in [0.5, 0.6) is 5.75 Å². The van der Waals surface area contributed by atoms with Crippen molar-refractivity contribution in [3.05, 3.63) is 61.7 Å². The van der Waals surface area contributed by atoms with Gasteiger partial charge < -0.3 is 4.74 Å². The van der Waals surface area contributed by atoms with Gasteiger partial charge in [0.2, 0.25) is 0 Å². The van der Waals surface area contributed by atoms with E-state index in [-0.39, 0.29) is 21.2 Å². The minimum Gasteiger partial charge on any atom is -0.494 e. The lowest BCUT2D eigenvalue weighted by atomic mass is 10.0. The van der Waals surface area contributed by atoms with Gasteiger partial charge in [0.1, 0.15) is 5.75 Å². The summed E-state index contributed by atoms with van der Waals surface area (Å²) < 4.78 is 8.84. The summed E-state index contributed by atoms with van der Waals surface area (Å²) in [6.07, 6.45) is 19.6. The van der Waals surface area contributed by atoms with Crippen molar-refractivity contribution in [3.8, 4) is 5.75 Å². The molecule has 0 heterocycles. The maximum Gasteiger partial charge on any atom is 0.357 e. The zero-order valence-corrected chi connectivity index (χ0v) is 21.2. The summed E-state index contributed by atoms with van der Waals surface area (Å²) in [5.74, 6) is 1.02. The maximum atomic E-state index is 5.93. The Morgan fingerprint density at radius 3 is 1.53 bits per heavy atom. The first-order valence-corrected chi connectivity index (χ1v) is 14.5. The second-order valence-corrected chi connectivity index (χ2v) is 11.3. The van der Waals surface area contributed by atoms with E-state index in [1.807, 2.05) is 0 Å². The summed E-state index contributed by atoms with van der Waals surface area (Å²) in [6.45, 7) is 3.14. The average Bonchev–Trinajstić information content (AvgIpc) is 2.78. The zero-order chi connectivity index (χ0) is 21.1. The van der Waals surface area contributed by atoms with E-state index in [9.17, 15) is 0 Å². The highest BCUT2D eigenvalue weighted by molar-refractivity contribution is 5.20. The normalized spacial score (nSPS) is 11.0. The maximum absolute atomic E-state index is 5.93. The Labute approximate surface area is 196 Å². The molecular weight excluding hydrogens is 479 g/mol. The number of rotatable bonds is 18. The zero-order valence-electron chi connectivity index (χ0n) is 19.1. The molecule has 0 radical (unpaired) electrons. The van der Waals surface area contributed by atoms with E-state index in [1.54, 1.807) is 0 Å². The summed E-state index contributed by atoms with van der Waals surface area (Å²) in [7, 11) is 0. The molecule has 2 aromatic carbocycles. The molecule has 0 amide bonds. The van der Waals surface area contributed by atoms with Crippen molar-refractivity contribution < 1.29 is 25.9 Å². The summed E-state index contributed by atoms with van der Waals surface area (Å²) in [5, 5.41) is 0. The molecule has 0 bridgehead atoms. The van der Waals surface area contributed by atoms with Gasteiger partial charge in [-0.1, -0.05) is 109 Å². The third-order valence-corrected chi connectivity index (χ3v) is 8.22. The predicted molar refractivity (Wildman–Crippen MR) is 126 cm³/mol. The van der Waals surface area contributed by atoms with Crippen molar-refractivity contribution in [2.75, 3.05) is 6.61 Å². The standard InChI is InChI=1S/C28H42IO/c1-2-3-4-5-6-7-8-9-10-11-12-13-14-18-25-30-28-23-21-27(22-24-28)29-26-19-16-15-17-20-26/h15-17,19-24H,2-14,18,25H2,1H3/q+1. The number of hydrogen-bond acceptors (Lipinski definition) is 1. The molecule has 2 aromatic rings. The second-order valence-electron chi connectivity index (χ2n) is 8.29. The molecule has 0 spiro atoms. The quantitative estimate of drug-likeness (QED) is 0.181. The van der Waals surface area contributed by atoms with Crippen LogP contribution in [0, 0.1) is 7.14 Å². The van der Waals surface area contributed by atoms with Gasteiger partial charge in [0.15, 0.2) is 7.14 Å². The first-order valence-electron chi connectivity index (χ1n) is 12.3. The molecule has 0 atom stereocenters. The van der Waals surface area contributed by atoms with Crippen molar-refractivity contribution in [1.29, 1.82) is 0 Å². The molecule has 1 nitrogen and oxygen atoms in total. The van der Waals surface area contributed by atoms with Gasteiger partial charge >= 0.3 is 21.2 Å². The number of unbranched alkanes of at least 4 members (excludes halogenated alkanes) is 13. The molecule has 0 aromatic heterocycles. The third-order valence-electron chi connectivity index (χ3n) is 5.53. The van der Waals surface area contributed by atoms with Gasteiger partial charge in [-0.15, -0.1) is 0 Å². The van der Waals surface area contributed by atoms with E-state index in [4.69, 9.17) is 4.74 Å². The van der Waals surface area contributed by atoms with Crippen molar-refractivity contribution in [2.24, 2.45) is 0 Å². The van der Waals surface area contributed by atoms with E-state index in [0.29, 0.717) is 0 Å².